The number of nitrogens with one attached hydrogen (secondary N) is 2. The van der Waals surface area contributed by atoms with E-state index in [9.17, 15) is 35.6 Å². The summed E-state index contributed by atoms with van der Waals surface area (Å²) >= 11 is 0.669. The van der Waals surface area contributed by atoms with Gasteiger partial charge in [-0.1, -0.05) is 29.5 Å². The molecule has 8 nitrogen and oxygen atoms in total. The van der Waals surface area contributed by atoms with Crippen molar-refractivity contribution in [2.24, 2.45) is 0 Å². The van der Waals surface area contributed by atoms with E-state index >= 15 is 0 Å². The predicted octanol–water partition coefficient (Wildman–Crippen LogP) is 4.45. The largest absolute Gasteiger partial charge is 0.452 e. The van der Waals surface area contributed by atoms with Crippen molar-refractivity contribution in [2.45, 2.75) is 4.90 Å². The summed E-state index contributed by atoms with van der Waals surface area (Å²) in [6, 6.07) is 10.5. The molecule has 186 valence electrons. The number of carbonyl (C=O) groups is 2. The van der Waals surface area contributed by atoms with Gasteiger partial charge in [0.25, 0.3) is 15.9 Å². The van der Waals surface area contributed by atoms with Crippen LogP contribution in [0, 0.1) is 23.3 Å². The first kappa shape index (κ1) is 25.1. The minimum Gasteiger partial charge on any atom is -0.452 e. The molecule has 1 aromatic heterocycles. The second kappa shape index (κ2) is 9.91. The van der Waals surface area contributed by atoms with Crippen LogP contribution < -0.4 is 10.0 Å². The molecular formula is C22H13F4N3O5S2. The second-order valence-corrected chi connectivity index (χ2v) is 9.80. The molecule has 0 unspecified atom stereocenters. The lowest BCUT2D eigenvalue weighted by Gasteiger charge is -2.10. The van der Waals surface area contributed by atoms with Gasteiger partial charge in [-0.25, -0.2) is 35.8 Å². The van der Waals surface area contributed by atoms with Crippen LogP contribution in [0.4, 0.5) is 28.4 Å². The topological polar surface area (TPSA) is 114 Å². The van der Waals surface area contributed by atoms with Crippen molar-refractivity contribution < 1.29 is 40.3 Å². The van der Waals surface area contributed by atoms with Gasteiger partial charge in [0.05, 0.1) is 20.8 Å². The summed E-state index contributed by atoms with van der Waals surface area (Å²) < 4.78 is 86.3. The zero-order valence-electron chi connectivity index (χ0n) is 17.7. The molecule has 0 fully saturated rings. The number of carbonyl (C=O) groups excluding carboxylic acids is 2. The molecule has 3 aromatic carbocycles. The van der Waals surface area contributed by atoms with Crippen molar-refractivity contribution in [3.05, 3.63) is 83.4 Å². The van der Waals surface area contributed by atoms with Gasteiger partial charge in [-0.15, -0.1) is 0 Å². The quantitative estimate of drug-likeness (QED) is 0.204. The van der Waals surface area contributed by atoms with E-state index in [2.05, 4.69) is 15.0 Å². The van der Waals surface area contributed by atoms with Crippen LogP contribution in [0.25, 0.3) is 10.2 Å². The lowest BCUT2D eigenvalue weighted by atomic mass is 10.2. The maximum absolute atomic E-state index is 13.8. The molecule has 0 aliphatic carbocycles. The third-order valence-electron chi connectivity index (χ3n) is 4.60. The summed E-state index contributed by atoms with van der Waals surface area (Å²) in [4.78, 5) is 27.8. The third-order valence-corrected chi connectivity index (χ3v) is 6.88. The number of aromatic nitrogens is 1. The van der Waals surface area contributed by atoms with Crippen LogP contribution in [0.2, 0.25) is 0 Å². The van der Waals surface area contributed by atoms with Gasteiger partial charge in [0.15, 0.2) is 29.2 Å². The highest BCUT2D eigenvalue weighted by molar-refractivity contribution is 7.92. The van der Waals surface area contributed by atoms with Crippen molar-refractivity contribution in [3.8, 4) is 0 Å². The van der Waals surface area contributed by atoms with Gasteiger partial charge < -0.3 is 4.74 Å². The van der Waals surface area contributed by atoms with Crippen molar-refractivity contribution >= 4 is 54.3 Å². The Bertz CT molecular complexity index is 1610. The molecule has 14 heteroatoms. The number of nitrogens with zero attached hydrogens (tertiary/aromatic N) is 1. The van der Waals surface area contributed by atoms with Gasteiger partial charge in [0, 0.05) is 0 Å². The summed E-state index contributed by atoms with van der Waals surface area (Å²) in [5.74, 6) is -7.36. The van der Waals surface area contributed by atoms with E-state index < -0.39 is 57.3 Å². The Morgan fingerprint density at radius 3 is 2.44 bits per heavy atom. The Hall–Kier alpha value is -4.04. The molecule has 0 radical (unpaired) electrons. The number of anilines is 2. The zero-order chi connectivity index (χ0) is 26.0. The lowest BCUT2D eigenvalue weighted by molar-refractivity contribution is -0.119. The molecule has 36 heavy (non-hydrogen) atoms. The SMILES string of the molecule is O=C(COC(=O)c1cccc(S(=O)(=O)Nc2ccccc2F)c1)Nc1nc2c(F)c(F)c(F)cc2s1. The molecule has 1 amide bonds. The van der Waals surface area contributed by atoms with Crippen molar-refractivity contribution in [1.82, 2.24) is 4.98 Å². The first-order valence-electron chi connectivity index (χ1n) is 9.83. The normalized spacial score (nSPS) is 11.3. The molecule has 4 rings (SSSR count). The zero-order valence-corrected chi connectivity index (χ0v) is 19.4. The van der Waals surface area contributed by atoms with E-state index in [0.29, 0.717) is 11.3 Å². The molecule has 0 aliphatic rings. The standard InChI is InChI=1S/C22H13F4N3O5S2/c23-13-6-1-2-7-15(13)29-36(32,33)12-5-3-4-11(8-12)21(31)34-10-17(30)27-22-28-20-16(35-22)9-14(24)18(25)19(20)26/h1-9,29H,10H2,(H,27,28,30). The Morgan fingerprint density at radius 1 is 0.944 bits per heavy atom. The number of hydrogen-bond donors (Lipinski definition) is 2. The minimum atomic E-state index is -4.25. The van der Waals surface area contributed by atoms with Crippen LogP contribution in [-0.4, -0.2) is 31.9 Å². The van der Waals surface area contributed by atoms with E-state index in [1.807, 2.05) is 0 Å². The summed E-state index contributed by atoms with van der Waals surface area (Å²) in [6.07, 6.45) is 0. The van der Waals surface area contributed by atoms with Crippen LogP contribution in [0.15, 0.2) is 59.5 Å². The highest BCUT2D eigenvalue weighted by Gasteiger charge is 2.21. The Morgan fingerprint density at radius 2 is 1.69 bits per heavy atom. The smallest absolute Gasteiger partial charge is 0.338 e. The van der Waals surface area contributed by atoms with Gasteiger partial charge >= 0.3 is 5.97 Å². The van der Waals surface area contributed by atoms with Crippen molar-refractivity contribution in [1.29, 1.82) is 0 Å². The van der Waals surface area contributed by atoms with Crippen LogP contribution in [0.1, 0.15) is 10.4 Å². The Labute approximate surface area is 204 Å². The Kier molecular flexibility index (Phi) is 6.90. The molecule has 2 N–H and O–H groups in total. The molecule has 0 saturated carbocycles. The summed E-state index contributed by atoms with van der Waals surface area (Å²) in [6.45, 7) is -0.829. The predicted molar refractivity (Wildman–Crippen MR) is 122 cm³/mol. The number of fused-ring (bicyclic) bond motifs is 1. The summed E-state index contributed by atoms with van der Waals surface area (Å²) in [7, 11) is -4.25. The number of hydrogen-bond acceptors (Lipinski definition) is 7. The van der Waals surface area contributed by atoms with Crippen LogP contribution in [-0.2, 0) is 19.6 Å². The van der Waals surface area contributed by atoms with Crippen LogP contribution in [0.5, 0.6) is 0 Å². The van der Waals surface area contributed by atoms with Gasteiger partial charge in [-0.2, -0.15) is 0 Å². The molecule has 1 heterocycles. The van der Waals surface area contributed by atoms with E-state index in [0.717, 1.165) is 18.2 Å². The van der Waals surface area contributed by atoms with E-state index in [-0.39, 0.29) is 26.0 Å². The highest BCUT2D eigenvalue weighted by Crippen LogP contribution is 2.30. The molecule has 0 atom stereocenters. The number of halogens is 4. The molecular weight excluding hydrogens is 526 g/mol. The van der Waals surface area contributed by atoms with E-state index in [1.165, 1.54) is 36.4 Å². The van der Waals surface area contributed by atoms with E-state index in [1.54, 1.807) is 0 Å². The number of sulfonamides is 1. The van der Waals surface area contributed by atoms with Crippen molar-refractivity contribution in [3.63, 3.8) is 0 Å². The molecule has 0 saturated heterocycles. The van der Waals surface area contributed by atoms with Gasteiger partial charge in [0.2, 0.25) is 0 Å². The number of amides is 1. The second-order valence-electron chi connectivity index (χ2n) is 7.09. The minimum absolute atomic E-state index is 0.0549. The number of thiazole rings is 1. The highest BCUT2D eigenvalue weighted by atomic mass is 32.2. The first-order valence-corrected chi connectivity index (χ1v) is 12.1. The fourth-order valence-corrected chi connectivity index (χ4v) is 4.95. The van der Waals surface area contributed by atoms with Crippen LogP contribution >= 0.6 is 11.3 Å². The van der Waals surface area contributed by atoms with Crippen molar-refractivity contribution in [2.75, 3.05) is 16.6 Å². The van der Waals surface area contributed by atoms with Gasteiger partial charge in [0.1, 0.15) is 11.3 Å². The molecule has 0 bridgehead atoms. The fourth-order valence-electron chi connectivity index (χ4n) is 2.94. The number of ether oxygens (including phenoxy) is 1. The van der Waals surface area contributed by atoms with Crippen LogP contribution in [0.3, 0.4) is 0 Å². The average Bonchev–Trinajstić information content (AvgIpc) is 3.24. The van der Waals surface area contributed by atoms with E-state index in [4.69, 9.17) is 4.74 Å². The Balaban J connectivity index is 1.41. The molecule has 0 spiro atoms. The third kappa shape index (κ3) is 5.28. The lowest BCUT2D eigenvalue weighted by Crippen LogP contribution is -2.21. The average molecular weight is 539 g/mol. The van der Waals surface area contributed by atoms with Gasteiger partial charge in [-0.3, -0.25) is 14.8 Å². The number of benzene rings is 3. The first-order chi connectivity index (χ1) is 17.0. The van der Waals surface area contributed by atoms with Gasteiger partial charge in [-0.05, 0) is 36.4 Å². The maximum Gasteiger partial charge on any atom is 0.338 e. The number of para-hydroxylation sites is 1. The monoisotopic (exact) mass is 539 g/mol. The fraction of sp³-hybridized carbons (Fsp3) is 0.0455. The number of rotatable bonds is 7. The molecule has 0 aliphatic heterocycles. The molecule has 4 aromatic rings. The summed E-state index contributed by atoms with van der Waals surface area (Å²) in [5.41, 5.74) is -0.984. The summed E-state index contributed by atoms with van der Waals surface area (Å²) in [5, 5.41) is 2.02. The maximum atomic E-state index is 13.8. The number of esters is 1.